The van der Waals surface area contributed by atoms with E-state index < -0.39 is 0 Å². The Bertz CT molecular complexity index is 587. The Morgan fingerprint density at radius 3 is 2.24 bits per heavy atom. The number of methoxy groups -OCH3 is 1. The van der Waals surface area contributed by atoms with Gasteiger partial charge in [-0.05, 0) is 29.0 Å². The van der Waals surface area contributed by atoms with Gasteiger partial charge >= 0.3 is 0 Å². The van der Waals surface area contributed by atoms with Crippen molar-refractivity contribution < 1.29 is 4.74 Å². The van der Waals surface area contributed by atoms with Crippen LogP contribution in [0.25, 0.3) is 0 Å². The second kappa shape index (κ2) is 6.31. The predicted molar refractivity (Wildman–Crippen MR) is 88.8 cm³/mol. The van der Waals surface area contributed by atoms with Crippen LogP contribution in [-0.4, -0.2) is 7.11 Å². The van der Waals surface area contributed by atoms with Crippen LogP contribution in [0.4, 0.5) is 0 Å². The van der Waals surface area contributed by atoms with Crippen LogP contribution in [0.2, 0.25) is 0 Å². The predicted octanol–water partition coefficient (Wildman–Crippen LogP) is 4.43. The molecule has 112 valence electrons. The highest BCUT2D eigenvalue weighted by atomic mass is 16.5. The zero-order chi connectivity index (χ0) is 15.5. The van der Waals surface area contributed by atoms with Gasteiger partial charge in [-0.15, -0.1) is 0 Å². The second-order valence-electron chi connectivity index (χ2n) is 6.08. The van der Waals surface area contributed by atoms with E-state index in [1.165, 1.54) is 5.56 Å². The summed E-state index contributed by atoms with van der Waals surface area (Å²) in [6.07, 6.45) is 1.12. The number of hydrogen-bond donors (Lipinski definition) is 1. The maximum atomic E-state index is 6.40. The minimum absolute atomic E-state index is 0.167. The molecule has 0 radical (unpaired) electrons. The van der Waals surface area contributed by atoms with Crippen LogP contribution in [0.15, 0.2) is 48.5 Å². The maximum Gasteiger partial charge on any atom is 0.123 e. The molecule has 2 aromatic rings. The lowest BCUT2D eigenvalue weighted by Crippen LogP contribution is -2.17. The lowest BCUT2D eigenvalue weighted by Gasteiger charge is -2.24. The number of nitrogens with two attached hydrogens (primary N) is 1. The van der Waals surface area contributed by atoms with Crippen LogP contribution < -0.4 is 10.5 Å². The smallest absolute Gasteiger partial charge is 0.123 e. The molecule has 2 N–H and O–H groups in total. The molecule has 0 amide bonds. The molecule has 1 atom stereocenters. The first-order valence-corrected chi connectivity index (χ1v) is 7.48. The van der Waals surface area contributed by atoms with Crippen molar-refractivity contribution in [2.24, 2.45) is 5.73 Å². The van der Waals surface area contributed by atoms with Crippen LogP contribution in [0.3, 0.4) is 0 Å². The number of hydrogen-bond acceptors (Lipinski definition) is 2. The Morgan fingerprint density at radius 2 is 1.67 bits per heavy atom. The van der Waals surface area contributed by atoms with Crippen LogP contribution in [0.1, 0.15) is 49.9 Å². The number of ether oxygens (including phenoxy) is 1. The molecule has 0 aliphatic heterocycles. The fourth-order valence-corrected chi connectivity index (χ4v) is 2.45. The van der Waals surface area contributed by atoms with Gasteiger partial charge in [0.05, 0.1) is 13.2 Å². The molecular weight excluding hydrogens is 258 g/mol. The van der Waals surface area contributed by atoms with Gasteiger partial charge in [0, 0.05) is 5.56 Å². The Kier molecular flexibility index (Phi) is 4.69. The summed E-state index contributed by atoms with van der Waals surface area (Å²) in [6.45, 7) is 6.75. The van der Waals surface area contributed by atoms with Gasteiger partial charge in [-0.2, -0.15) is 0 Å². The summed E-state index contributed by atoms with van der Waals surface area (Å²) in [5.74, 6) is 0.836. The van der Waals surface area contributed by atoms with Crippen molar-refractivity contribution in [3.8, 4) is 5.75 Å². The van der Waals surface area contributed by atoms with Crippen molar-refractivity contribution in [1.82, 2.24) is 0 Å². The highest BCUT2D eigenvalue weighted by Gasteiger charge is 2.19. The molecule has 2 aromatic carbocycles. The van der Waals surface area contributed by atoms with Crippen molar-refractivity contribution in [1.29, 1.82) is 0 Å². The molecule has 2 rings (SSSR count). The SMILES string of the molecule is CCC(C)(C)c1ccc(C(N)c2ccccc2OC)cc1. The number of rotatable bonds is 5. The summed E-state index contributed by atoms with van der Waals surface area (Å²) in [4.78, 5) is 0. The Morgan fingerprint density at radius 1 is 1.05 bits per heavy atom. The fraction of sp³-hybridized carbons (Fsp3) is 0.368. The summed E-state index contributed by atoms with van der Waals surface area (Å²) in [5.41, 5.74) is 10.1. The minimum Gasteiger partial charge on any atom is -0.496 e. The molecule has 0 bridgehead atoms. The van der Waals surface area contributed by atoms with E-state index in [4.69, 9.17) is 10.5 Å². The van der Waals surface area contributed by atoms with Crippen LogP contribution >= 0.6 is 0 Å². The molecular formula is C19H25NO. The molecule has 21 heavy (non-hydrogen) atoms. The van der Waals surface area contributed by atoms with Gasteiger partial charge in [0.2, 0.25) is 0 Å². The summed E-state index contributed by atoms with van der Waals surface area (Å²) in [5, 5.41) is 0. The van der Waals surface area contributed by atoms with E-state index in [1.54, 1.807) is 7.11 Å². The summed E-state index contributed by atoms with van der Waals surface area (Å²) in [7, 11) is 1.68. The van der Waals surface area contributed by atoms with Crippen molar-refractivity contribution in [3.63, 3.8) is 0 Å². The molecule has 2 heteroatoms. The molecule has 1 unspecified atom stereocenters. The van der Waals surface area contributed by atoms with Gasteiger partial charge in [-0.3, -0.25) is 0 Å². The standard InChI is InChI=1S/C19H25NO/c1-5-19(2,3)15-12-10-14(11-13-15)18(20)16-8-6-7-9-17(16)21-4/h6-13,18H,5,20H2,1-4H3. The largest absolute Gasteiger partial charge is 0.496 e. The molecule has 0 saturated carbocycles. The highest BCUT2D eigenvalue weighted by molar-refractivity contribution is 5.42. The zero-order valence-electron chi connectivity index (χ0n) is 13.4. The van der Waals surface area contributed by atoms with Gasteiger partial charge < -0.3 is 10.5 Å². The van der Waals surface area contributed by atoms with E-state index in [0.29, 0.717) is 0 Å². The highest BCUT2D eigenvalue weighted by Crippen LogP contribution is 2.31. The van der Waals surface area contributed by atoms with Crippen LogP contribution in [0.5, 0.6) is 5.75 Å². The maximum absolute atomic E-state index is 6.40. The molecule has 0 heterocycles. The van der Waals surface area contributed by atoms with Crippen LogP contribution in [0, 0.1) is 0 Å². The average molecular weight is 283 g/mol. The molecule has 0 fully saturated rings. The lowest BCUT2D eigenvalue weighted by molar-refractivity contribution is 0.408. The first kappa shape index (κ1) is 15.6. The van der Waals surface area contributed by atoms with Crippen molar-refractivity contribution in [2.45, 2.75) is 38.6 Å². The summed E-state index contributed by atoms with van der Waals surface area (Å²) >= 11 is 0. The normalized spacial score (nSPS) is 13.0. The Balaban J connectivity index is 2.30. The molecule has 0 saturated heterocycles. The zero-order valence-corrected chi connectivity index (χ0v) is 13.4. The first-order valence-electron chi connectivity index (χ1n) is 7.48. The van der Waals surface area contributed by atoms with Crippen molar-refractivity contribution >= 4 is 0 Å². The average Bonchev–Trinajstić information content (AvgIpc) is 2.54. The molecule has 2 nitrogen and oxygen atoms in total. The third kappa shape index (κ3) is 3.27. The molecule has 0 aliphatic carbocycles. The molecule has 0 aromatic heterocycles. The van der Waals surface area contributed by atoms with E-state index >= 15 is 0 Å². The first-order chi connectivity index (χ1) is 9.99. The van der Waals surface area contributed by atoms with Gasteiger partial charge in [-0.25, -0.2) is 0 Å². The number of para-hydroxylation sites is 1. The monoisotopic (exact) mass is 283 g/mol. The lowest BCUT2D eigenvalue weighted by atomic mass is 9.81. The van der Waals surface area contributed by atoms with E-state index in [9.17, 15) is 0 Å². The Labute approximate surface area is 127 Å². The summed E-state index contributed by atoms with van der Waals surface area (Å²) < 4.78 is 5.40. The van der Waals surface area contributed by atoms with Gasteiger partial charge in [-0.1, -0.05) is 63.2 Å². The molecule has 0 spiro atoms. The summed E-state index contributed by atoms with van der Waals surface area (Å²) in [6, 6.07) is 16.4. The van der Waals surface area contributed by atoms with Crippen molar-refractivity contribution in [3.05, 3.63) is 65.2 Å². The van der Waals surface area contributed by atoms with Gasteiger partial charge in [0.1, 0.15) is 5.75 Å². The quantitative estimate of drug-likeness (QED) is 0.881. The van der Waals surface area contributed by atoms with Crippen LogP contribution in [-0.2, 0) is 5.41 Å². The van der Waals surface area contributed by atoms with Gasteiger partial charge in [0.15, 0.2) is 0 Å². The van der Waals surface area contributed by atoms with E-state index in [2.05, 4.69) is 45.0 Å². The Hall–Kier alpha value is -1.80. The molecule has 0 aliphatic rings. The third-order valence-corrected chi connectivity index (χ3v) is 4.41. The topological polar surface area (TPSA) is 35.2 Å². The van der Waals surface area contributed by atoms with Gasteiger partial charge in [0.25, 0.3) is 0 Å². The second-order valence-corrected chi connectivity index (χ2v) is 6.08. The van der Waals surface area contributed by atoms with E-state index in [0.717, 1.165) is 23.3 Å². The number of benzene rings is 2. The van der Waals surface area contributed by atoms with E-state index in [-0.39, 0.29) is 11.5 Å². The van der Waals surface area contributed by atoms with Crippen molar-refractivity contribution in [2.75, 3.05) is 7.11 Å². The van der Waals surface area contributed by atoms with E-state index in [1.807, 2.05) is 24.3 Å². The minimum atomic E-state index is -0.167. The fourth-order valence-electron chi connectivity index (χ4n) is 2.45. The third-order valence-electron chi connectivity index (χ3n) is 4.41.